The third-order valence-electron chi connectivity index (χ3n) is 9.04. The van der Waals surface area contributed by atoms with Gasteiger partial charge in [-0.3, -0.25) is 19.2 Å². The molecule has 6 atom stereocenters. The van der Waals surface area contributed by atoms with E-state index < -0.39 is 47.5 Å². The zero-order valence-corrected chi connectivity index (χ0v) is 25.4. The third-order valence-corrected chi connectivity index (χ3v) is 9.04. The van der Waals surface area contributed by atoms with Crippen molar-refractivity contribution in [1.82, 2.24) is 15.1 Å². The van der Waals surface area contributed by atoms with Crippen LogP contribution in [0.15, 0.2) is 86.0 Å². The highest BCUT2D eigenvalue weighted by atomic mass is 16.5. The minimum atomic E-state index is -1.20. The van der Waals surface area contributed by atoms with Crippen molar-refractivity contribution in [3.05, 3.63) is 97.1 Å². The highest BCUT2D eigenvalue weighted by molar-refractivity contribution is 5.99. The fourth-order valence-corrected chi connectivity index (χ4v) is 7.09. The van der Waals surface area contributed by atoms with E-state index in [0.717, 1.165) is 11.1 Å². The van der Waals surface area contributed by atoms with Gasteiger partial charge in [0.2, 0.25) is 17.7 Å². The lowest BCUT2D eigenvalue weighted by atomic mass is 9.70. The van der Waals surface area contributed by atoms with Crippen LogP contribution in [0, 0.1) is 11.8 Å². The molecule has 0 unspecified atom stereocenters. The summed E-state index contributed by atoms with van der Waals surface area (Å²) in [6.07, 6.45) is 4.32. The molecule has 3 amide bonds. The Hall–Kier alpha value is -4.28. The smallest absolute Gasteiger partial charge is 0.306 e. The first kappa shape index (κ1) is 32.1. The van der Waals surface area contributed by atoms with Crippen LogP contribution in [-0.4, -0.2) is 82.6 Å². The first-order chi connectivity index (χ1) is 21.8. The Kier molecular flexibility index (Phi) is 10.1. The van der Waals surface area contributed by atoms with Gasteiger partial charge in [-0.05, 0) is 30.4 Å². The van der Waals surface area contributed by atoms with Crippen LogP contribution in [0.2, 0.25) is 0 Å². The Morgan fingerprint density at radius 2 is 1.82 bits per heavy atom. The molecule has 10 nitrogen and oxygen atoms in total. The van der Waals surface area contributed by atoms with E-state index in [4.69, 9.17) is 9.47 Å². The summed E-state index contributed by atoms with van der Waals surface area (Å²) >= 11 is 0. The Morgan fingerprint density at radius 3 is 2.49 bits per heavy atom. The standard InChI is InChI=1S/C35H41N3O7/c1-3-5-16-28(40)44-23-26(25-14-10-7-11-15-25)36-32(41)29-27-17-18-35(45-27)30(29)33(42)38(20-21-39)31(35)34(43)37(19-4-2)22-24-12-8-6-9-13-24/h3-4,6-15,26-27,29-31,39H,1-2,5,16-23H2,(H,36,41)/t26-,27-,29+,30+,31-,35+/m0/s1. The molecule has 238 valence electrons. The van der Waals surface area contributed by atoms with Gasteiger partial charge < -0.3 is 29.7 Å². The molecule has 3 aliphatic rings. The van der Waals surface area contributed by atoms with Crippen LogP contribution in [0.4, 0.5) is 0 Å². The molecule has 5 rings (SSSR count). The number of rotatable bonds is 15. The summed E-state index contributed by atoms with van der Waals surface area (Å²) in [7, 11) is 0. The normalized spacial score (nSPS) is 25.4. The van der Waals surface area contributed by atoms with E-state index >= 15 is 0 Å². The molecule has 3 saturated heterocycles. The van der Waals surface area contributed by atoms with E-state index in [9.17, 15) is 24.3 Å². The number of hydrogen-bond donors (Lipinski definition) is 2. The maximum Gasteiger partial charge on any atom is 0.306 e. The number of hydrogen-bond acceptors (Lipinski definition) is 7. The van der Waals surface area contributed by atoms with Gasteiger partial charge in [-0.1, -0.05) is 72.8 Å². The number of carbonyl (C=O) groups excluding carboxylic acids is 4. The van der Waals surface area contributed by atoms with E-state index in [0.29, 0.717) is 25.8 Å². The number of amides is 3. The van der Waals surface area contributed by atoms with Gasteiger partial charge in [0.25, 0.3) is 0 Å². The molecule has 2 N–H and O–H groups in total. The monoisotopic (exact) mass is 615 g/mol. The number of fused-ring (bicyclic) bond motifs is 1. The van der Waals surface area contributed by atoms with Crippen LogP contribution in [-0.2, 0) is 35.2 Å². The van der Waals surface area contributed by atoms with Crippen molar-refractivity contribution in [1.29, 1.82) is 0 Å². The maximum absolute atomic E-state index is 14.3. The Balaban J connectivity index is 1.41. The number of carbonyl (C=O) groups is 4. The van der Waals surface area contributed by atoms with Gasteiger partial charge in [0.1, 0.15) is 18.2 Å². The van der Waals surface area contributed by atoms with E-state index in [2.05, 4.69) is 18.5 Å². The molecular formula is C35H41N3O7. The predicted molar refractivity (Wildman–Crippen MR) is 166 cm³/mol. The van der Waals surface area contributed by atoms with E-state index in [1.54, 1.807) is 17.1 Å². The second-order valence-electron chi connectivity index (χ2n) is 11.8. The number of esters is 1. The molecule has 3 fully saturated rings. The summed E-state index contributed by atoms with van der Waals surface area (Å²) in [5.41, 5.74) is 0.464. The number of allylic oxidation sites excluding steroid dienone is 1. The first-order valence-electron chi connectivity index (χ1n) is 15.5. The number of nitrogens with one attached hydrogen (secondary N) is 1. The number of benzene rings is 2. The lowest BCUT2D eigenvalue weighted by molar-refractivity contribution is -0.149. The zero-order valence-electron chi connectivity index (χ0n) is 25.4. The van der Waals surface area contributed by atoms with E-state index in [-0.39, 0.29) is 44.5 Å². The van der Waals surface area contributed by atoms with Crippen LogP contribution in [0.5, 0.6) is 0 Å². The minimum Gasteiger partial charge on any atom is -0.463 e. The summed E-state index contributed by atoms with van der Waals surface area (Å²) in [5, 5.41) is 13.0. The molecule has 3 heterocycles. The second kappa shape index (κ2) is 14.2. The van der Waals surface area contributed by atoms with E-state index in [1.807, 2.05) is 60.7 Å². The molecule has 0 aliphatic carbocycles. The number of β-amino-alcohol motifs (C(OH)–C–C–N with tert-alkyl or cyclic N) is 1. The maximum atomic E-state index is 14.3. The molecule has 0 radical (unpaired) electrons. The third kappa shape index (κ3) is 6.43. The minimum absolute atomic E-state index is 0.0591. The van der Waals surface area contributed by atoms with Gasteiger partial charge in [-0.2, -0.15) is 0 Å². The summed E-state index contributed by atoms with van der Waals surface area (Å²) in [4.78, 5) is 57.8. The number of likely N-dealkylation sites (tertiary alicyclic amines) is 1. The van der Waals surface area contributed by atoms with Gasteiger partial charge in [-0.15, -0.1) is 13.2 Å². The van der Waals surface area contributed by atoms with Gasteiger partial charge in [0.15, 0.2) is 0 Å². The van der Waals surface area contributed by atoms with Gasteiger partial charge >= 0.3 is 5.97 Å². The molecule has 2 aromatic rings. The lowest BCUT2D eigenvalue weighted by Gasteiger charge is -2.36. The van der Waals surface area contributed by atoms with E-state index in [1.165, 1.54) is 4.90 Å². The quantitative estimate of drug-likeness (QED) is 0.233. The zero-order chi connectivity index (χ0) is 32.0. The molecular weight excluding hydrogens is 574 g/mol. The predicted octanol–water partition coefficient (Wildman–Crippen LogP) is 2.94. The summed E-state index contributed by atoms with van der Waals surface area (Å²) < 4.78 is 12.0. The summed E-state index contributed by atoms with van der Waals surface area (Å²) in [6.45, 7) is 7.54. The average Bonchev–Trinajstić information content (AvgIpc) is 3.70. The van der Waals surface area contributed by atoms with Crippen molar-refractivity contribution < 1.29 is 33.8 Å². The second-order valence-corrected chi connectivity index (χ2v) is 11.8. The van der Waals surface area contributed by atoms with Gasteiger partial charge in [0, 0.05) is 26.1 Å². The molecule has 2 bridgehead atoms. The highest BCUT2D eigenvalue weighted by Gasteiger charge is 2.74. The van der Waals surface area contributed by atoms with Crippen molar-refractivity contribution in [3.8, 4) is 0 Å². The number of aliphatic hydroxyl groups excluding tert-OH is 1. The summed E-state index contributed by atoms with van der Waals surface area (Å²) in [5.74, 6) is -3.24. The number of ether oxygens (including phenoxy) is 2. The molecule has 10 heteroatoms. The average molecular weight is 616 g/mol. The van der Waals surface area contributed by atoms with Crippen LogP contribution in [0.3, 0.4) is 0 Å². The van der Waals surface area contributed by atoms with Gasteiger partial charge in [-0.25, -0.2) is 0 Å². The molecule has 45 heavy (non-hydrogen) atoms. The Bertz CT molecular complexity index is 1400. The summed E-state index contributed by atoms with van der Waals surface area (Å²) in [6, 6.07) is 17.1. The molecule has 2 aromatic carbocycles. The fourth-order valence-electron chi connectivity index (χ4n) is 7.09. The largest absolute Gasteiger partial charge is 0.463 e. The van der Waals surface area contributed by atoms with Crippen LogP contribution in [0.1, 0.15) is 42.9 Å². The Labute approximate surface area is 263 Å². The SMILES string of the molecule is C=CCCC(=O)OC[C@H](NC(=O)[C@@H]1[C@@H]2CC[C@]3(O2)[C@H](C(=O)N(CC=C)Cc2ccccc2)N(CCO)C(=O)[C@@H]13)c1ccccc1. The van der Waals surface area contributed by atoms with Crippen molar-refractivity contribution in [3.63, 3.8) is 0 Å². The topological polar surface area (TPSA) is 125 Å². The Morgan fingerprint density at radius 1 is 1.11 bits per heavy atom. The molecule has 3 aliphatic heterocycles. The highest BCUT2D eigenvalue weighted by Crippen LogP contribution is 2.58. The van der Waals surface area contributed by atoms with Crippen molar-refractivity contribution >= 4 is 23.7 Å². The molecule has 0 saturated carbocycles. The number of nitrogens with zero attached hydrogens (tertiary/aromatic N) is 2. The van der Waals surface area contributed by atoms with Crippen molar-refractivity contribution in [2.24, 2.45) is 11.8 Å². The molecule has 1 spiro atoms. The van der Waals surface area contributed by atoms with Crippen molar-refractivity contribution in [2.45, 2.75) is 56.0 Å². The first-order valence-corrected chi connectivity index (χ1v) is 15.5. The van der Waals surface area contributed by atoms with Crippen LogP contribution < -0.4 is 5.32 Å². The van der Waals surface area contributed by atoms with Crippen molar-refractivity contribution in [2.75, 3.05) is 26.3 Å². The van der Waals surface area contributed by atoms with Gasteiger partial charge in [0.05, 0.1) is 30.6 Å². The van der Waals surface area contributed by atoms with Crippen LogP contribution in [0.25, 0.3) is 0 Å². The fraction of sp³-hybridized carbons (Fsp3) is 0.429. The van der Waals surface area contributed by atoms with Crippen LogP contribution >= 0.6 is 0 Å². The lowest BCUT2D eigenvalue weighted by Crippen LogP contribution is -2.56. The molecule has 0 aromatic heterocycles. The number of aliphatic hydroxyl groups is 1.